The molecule has 0 N–H and O–H groups in total. The number of rotatable bonds is 1. The van der Waals surface area contributed by atoms with Crippen molar-refractivity contribution < 1.29 is 0 Å². The van der Waals surface area contributed by atoms with Crippen LogP contribution in [0.4, 0.5) is 0 Å². The SMILES string of the molecule is N#CC=Cc1ccc2ccccc2n1. The van der Waals surface area contributed by atoms with Gasteiger partial charge in [0, 0.05) is 11.5 Å². The molecule has 0 radical (unpaired) electrons. The highest BCUT2D eigenvalue weighted by Crippen LogP contribution is 2.12. The maximum Gasteiger partial charge on any atom is 0.0912 e. The minimum atomic E-state index is 0.810. The summed E-state index contributed by atoms with van der Waals surface area (Å²) in [6.45, 7) is 0. The first-order valence-electron chi connectivity index (χ1n) is 4.32. The van der Waals surface area contributed by atoms with E-state index >= 15 is 0 Å². The van der Waals surface area contributed by atoms with E-state index in [0.29, 0.717) is 0 Å². The highest BCUT2D eigenvalue weighted by Gasteiger charge is 1.93. The van der Waals surface area contributed by atoms with E-state index in [0.717, 1.165) is 16.6 Å². The molecule has 2 aromatic rings. The van der Waals surface area contributed by atoms with Crippen LogP contribution in [0.15, 0.2) is 42.5 Å². The molecule has 0 saturated carbocycles. The number of nitriles is 1. The van der Waals surface area contributed by atoms with Crippen molar-refractivity contribution in [3.63, 3.8) is 0 Å². The van der Waals surface area contributed by atoms with E-state index in [1.807, 2.05) is 42.5 Å². The molecule has 0 aliphatic heterocycles. The molecule has 2 rings (SSSR count). The van der Waals surface area contributed by atoms with E-state index in [2.05, 4.69) is 4.98 Å². The molecule has 0 aliphatic rings. The number of allylic oxidation sites excluding steroid dienone is 1. The predicted octanol–water partition coefficient (Wildman–Crippen LogP) is 2.77. The molecule has 66 valence electrons. The number of benzene rings is 1. The number of para-hydroxylation sites is 1. The summed E-state index contributed by atoms with van der Waals surface area (Å²) in [4.78, 5) is 4.37. The normalized spacial score (nSPS) is 10.5. The van der Waals surface area contributed by atoms with Gasteiger partial charge in [0.2, 0.25) is 0 Å². The van der Waals surface area contributed by atoms with Gasteiger partial charge in [-0.25, -0.2) is 4.98 Å². The van der Waals surface area contributed by atoms with Crippen molar-refractivity contribution in [1.82, 2.24) is 4.98 Å². The first-order valence-corrected chi connectivity index (χ1v) is 4.32. The lowest BCUT2D eigenvalue weighted by Crippen LogP contribution is -1.81. The zero-order valence-corrected chi connectivity index (χ0v) is 7.51. The molecule has 2 nitrogen and oxygen atoms in total. The number of aromatic nitrogens is 1. The second kappa shape index (κ2) is 3.71. The van der Waals surface area contributed by atoms with Crippen molar-refractivity contribution in [1.29, 1.82) is 5.26 Å². The molecule has 0 atom stereocenters. The maximum atomic E-state index is 8.38. The van der Waals surface area contributed by atoms with E-state index in [-0.39, 0.29) is 0 Å². The molecule has 1 heterocycles. The molecule has 14 heavy (non-hydrogen) atoms. The third-order valence-electron chi connectivity index (χ3n) is 1.95. The lowest BCUT2D eigenvalue weighted by Gasteiger charge is -1.97. The molecule has 0 amide bonds. The van der Waals surface area contributed by atoms with Crippen LogP contribution in [0.2, 0.25) is 0 Å². The highest BCUT2D eigenvalue weighted by molar-refractivity contribution is 5.79. The van der Waals surface area contributed by atoms with Gasteiger partial charge in [0.1, 0.15) is 0 Å². The molecular formula is C12H8N2. The van der Waals surface area contributed by atoms with Crippen molar-refractivity contribution in [3.05, 3.63) is 48.2 Å². The van der Waals surface area contributed by atoms with Crippen LogP contribution in [-0.4, -0.2) is 4.98 Å². The molecule has 0 fully saturated rings. The van der Waals surface area contributed by atoms with Crippen molar-refractivity contribution in [2.75, 3.05) is 0 Å². The first-order chi connectivity index (χ1) is 6.90. The van der Waals surface area contributed by atoms with Crippen LogP contribution >= 0.6 is 0 Å². The zero-order chi connectivity index (χ0) is 9.80. The minimum absolute atomic E-state index is 0.810. The van der Waals surface area contributed by atoms with Gasteiger partial charge in [-0.3, -0.25) is 0 Å². The van der Waals surface area contributed by atoms with E-state index in [1.54, 1.807) is 6.08 Å². The number of nitrogens with zero attached hydrogens (tertiary/aromatic N) is 2. The summed E-state index contributed by atoms with van der Waals surface area (Å²) in [7, 11) is 0. The highest BCUT2D eigenvalue weighted by atomic mass is 14.7. The van der Waals surface area contributed by atoms with Crippen LogP contribution in [-0.2, 0) is 0 Å². The van der Waals surface area contributed by atoms with Gasteiger partial charge in [-0.2, -0.15) is 5.26 Å². The van der Waals surface area contributed by atoms with Crippen LogP contribution in [0.25, 0.3) is 17.0 Å². The van der Waals surface area contributed by atoms with Gasteiger partial charge in [0.15, 0.2) is 0 Å². The van der Waals surface area contributed by atoms with Crippen LogP contribution in [0.5, 0.6) is 0 Å². The summed E-state index contributed by atoms with van der Waals surface area (Å²) in [5.41, 5.74) is 1.76. The van der Waals surface area contributed by atoms with E-state index in [9.17, 15) is 0 Å². The third kappa shape index (κ3) is 1.62. The summed E-state index contributed by atoms with van der Waals surface area (Å²) >= 11 is 0. The smallest absolute Gasteiger partial charge is 0.0912 e. The number of hydrogen-bond acceptors (Lipinski definition) is 2. The second-order valence-electron chi connectivity index (χ2n) is 2.89. The molecule has 0 spiro atoms. The van der Waals surface area contributed by atoms with E-state index < -0.39 is 0 Å². The fourth-order valence-corrected chi connectivity index (χ4v) is 1.30. The zero-order valence-electron chi connectivity index (χ0n) is 7.51. The largest absolute Gasteiger partial charge is 0.248 e. The molecule has 1 aromatic carbocycles. The Bertz CT molecular complexity index is 521. The van der Waals surface area contributed by atoms with Crippen LogP contribution < -0.4 is 0 Å². The van der Waals surface area contributed by atoms with Gasteiger partial charge in [0.05, 0.1) is 17.3 Å². The van der Waals surface area contributed by atoms with Gasteiger partial charge in [-0.15, -0.1) is 0 Å². The van der Waals surface area contributed by atoms with E-state index in [4.69, 9.17) is 5.26 Å². The van der Waals surface area contributed by atoms with Crippen molar-refractivity contribution in [2.45, 2.75) is 0 Å². The van der Waals surface area contributed by atoms with E-state index in [1.165, 1.54) is 6.08 Å². The van der Waals surface area contributed by atoms with Crippen molar-refractivity contribution >= 4 is 17.0 Å². The van der Waals surface area contributed by atoms with Crippen LogP contribution in [0.3, 0.4) is 0 Å². The Morgan fingerprint density at radius 2 is 2.00 bits per heavy atom. The number of pyridine rings is 1. The Kier molecular flexibility index (Phi) is 2.24. The Balaban J connectivity index is 2.52. The minimum Gasteiger partial charge on any atom is -0.248 e. The Labute approximate surface area is 82.1 Å². The van der Waals surface area contributed by atoms with Gasteiger partial charge in [-0.05, 0) is 18.2 Å². The van der Waals surface area contributed by atoms with Crippen molar-refractivity contribution in [3.8, 4) is 6.07 Å². The molecule has 0 unspecified atom stereocenters. The summed E-state index contributed by atoms with van der Waals surface area (Å²) < 4.78 is 0. The summed E-state index contributed by atoms with van der Waals surface area (Å²) in [6.07, 6.45) is 3.13. The van der Waals surface area contributed by atoms with Crippen LogP contribution in [0, 0.1) is 11.3 Å². The quantitative estimate of drug-likeness (QED) is 0.633. The maximum absolute atomic E-state index is 8.38. The van der Waals surface area contributed by atoms with Crippen molar-refractivity contribution in [2.24, 2.45) is 0 Å². The Morgan fingerprint density at radius 3 is 2.86 bits per heavy atom. The molecule has 0 aliphatic carbocycles. The Morgan fingerprint density at radius 1 is 1.14 bits per heavy atom. The summed E-state index contributed by atoms with van der Waals surface area (Å²) in [6, 6.07) is 13.7. The number of fused-ring (bicyclic) bond motifs is 1. The van der Waals surface area contributed by atoms with Crippen LogP contribution in [0.1, 0.15) is 5.69 Å². The molecule has 0 saturated heterocycles. The summed E-state index contributed by atoms with van der Waals surface area (Å²) in [5, 5.41) is 9.49. The molecule has 1 aromatic heterocycles. The average Bonchev–Trinajstić information content (AvgIpc) is 2.26. The fourth-order valence-electron chi connectivity index (χ4n) is 1.30. The predicted molar refractivity (Wildman–Crippen MR) is 56.4 cm³/mol. The van der Waals surface area contributed by atoms with Gasteiger partial charge in [0.25, 0.3) is 0 Å². The molecule has 2 heteroatoms. The lowest BCUT2D eigenvalue weighted by atomic mass is 10.2. The summed E-state index contributed by atoms with van der Waals surface area (Å²) in [5.74, 6) is 0. The molecular weight excluding hydrogens is 172 g/mol. The van der Waals surface area contributed by atoms with Gasteiger partial charge in [-0.1, -0.05) is 24.3 Å². The third-order valence-corrected chi connectivity index (χ3v) is 1.95. The first kappa shape index (κ1) is 8.46. The second-order valence-corrected chi connectivity index (χ2v) is 2.89. The molecule has 0 bridgehead atoms. The average molecular weight is 180 g/mol. The van der Waals surface area contributed by atoms with Gasteiger partial charge >= 0.3 is 0 Å². The fraction of sp³-hybridized carbons (Fsp3) is 0. The standard InChI is InChI=1S/C12H8N2/c13-9-3-5-11-8-7-10-4-1-2-6-12(10)14-11/h1-8H. The lowest BCUT2D eigenvalue weighted by molar-refractivity contribution is 1.37. The van der Waals surface area contributed by atoms with Gasteiger partial charge < -0.3 is 0 Å². The Hall–Kier alpha value is -2.14. The topological polar surface area (TPSA) is 36.7 Å². The monoisotopic (exact) mass is 180 g/mol. The number of hydrogen-bond donors (Lipinski definition) is 0.